The highest BCUT2D eigenvalue weighted by Gasteiger charge is 2.28. The van der Waals surface area contributed by atoms with Crippen LogP contribution in [0.1, 0.15) is 37.6 Å². The third-order valence-electron chi connectivity index (χ3n) is 4.17. The minimum absolute atomic E-state index is 0. The van der Waals surface area contributed by atoms with Crippen molar-refractivity contribution in [2.45, 2.75) is 39.3 Å². The van der Waals surface area contributed by atoms with Crippen LogP contribution in [0.25, 0.3) is 0 Å². The van der Waals surface area contributed by atoms with Crippen molar-refractivity contribution < 1.29 is 13.2 Å². The van der Waals surface area contributed by atoms with E-state index in [1.54, 1.807) is 24.3 Å². The summed E-state index contributed by atoms with van der Waals surface area (Å²) >= 11 is 0. The third-order valence-corrected chi connectivity index (χ3v) is 5.67. The van der Waals surface area contributed by atoms with Crippen LogP contribution in [0.4, 0.5) is 5.69 Å². The fourth-order valence-corrected chi connectivity index (χ4v) is 3.82. The van der Waals surface area contributed by atoms with Gasteiger partial charge >= 0.3 is 0 Å². The van der Waals surface area contributed by atoms with Gasteiger partial charge in [0.05, 0.1) is 5.75 Å². The number of carbonyl (C=O) groups is 1. The first-order valence-electron chi connectivity index (χ1n) is 7.99. The van der Waals surface area contributed by atoms with Crippen LogP contribution in [-0.2, 0) is 10.0 Å². The van der Waals surface area contributed by atoms with E-state index >= 15 is 0 Å². The molecular formula is C16H26ClN3O3S. The maximum absolute atomic E-state index is 12.6. The summed E-state index contributed by atoms with van der Waals surface area (Å²) in [5.41, 5.74) is 1.06. The van der Waals surface area contributed by atoms with Crippen molar-refractivity contribution in [3.63, 3.8) is 0 Å². The van der Waals surface area contributed by atoms with Crippen molar-refractivity contribution >= 4 is 34.0 Å². The van der Waals surface area contributed by atoms with E-state index in [0.29, 0.717) is 24.2 Å². The topological polar surface area (TPSA) is 78.5 Å². The SMILES string of the molecule is CCCS(=O)(=O)Nc1ccc(C(=O)N2CCNC(C)C2C)cc1.Cl. The van der Waals surface area contributed by atoms with Crippen LogP contribution in [0.2, 0.25) is 0 Å². The van der Waals surface area contributed by atoms with Crippen LogP contribution in [0.5, 0.6) is 0 Å². The van der Waals surface area contributed by atoms with Gasteiger partial charge in [0.1, 0.15) is 0 Å². The average molecular weight is 376 g/mol. The number of anilines is 1. The van der Waals surface area contributed by atoms with Crippen LogP contribution in [0, 0.1) is 0 Å². The van der Waals surface area contributed by atoms with Gasteiger partial charge in [0.15, 0.2) is 0 Å². The zero-order valence-corrected chi connectivity index (χ0v) is 15.9. The number of sulfonamides is 1. The molecule has 2 atom stereocenters. The van der Waals surface area contributed by atoms with E-state index in [-0.39, 0.29) is 36.2 Å². The molecule has 0 spiro atoms. The maximum atomic E-state index is 12.6. The number of carbonyl (C=O) groups excluding carboxylic acids is 1. The number of hydrogen-bond donors (Lipinski definition) is 2. The fourth-order valence-electron chi connectivity index (χ4n) is 2.69. The Balaban J connectivity index is 0.00000288. The van der Waals surface area contributed by atoms with E-state index in [9.17, 15) is 13.2 Å². The van der Waals surface area contributed by atoms with Crippen molar-refractivity contribution in [1.82, 2.24) is 10.2 Å². The van der Waals surface area contributed by atoms with E-state index in [4.69, 9.17) is 0 Å². The molecule has 1 aromatic carbocycles. The summed E-state index contributed by atoms with van der Waals surface area (Å²) < 4.78 is 26.0. The van der Waals surface area contributed by atoms with Gasteiger partial charge in [0.2, 0.25) is 10.0 Å². The number of nitrogens with zero attached hydrogens (tertiary/aromatic N) is 1. The van der Waals surface area contributed by atoms with Crippen LogP contribution in [0.15, 0.2) is 24.3 Å². The predicted molar refractivity (Wildman–Crippen MR) is 99.4 cm³/mol. The van der Waals surface area contributed by atoms with Crippen molar-refractivity contribution in [3.8, 4) is 0 Å². The van der Waals surface area contributed by atoms with Gasteiger partial charge in [-0.05, 0) is 44.5 Å². The van der Waals surface area contributed by atoms with Gasteiger partial charge < -0.3 is 10.2 Å². The second kappa shape index (κ2) is 8.69. The number of amides is 1. The molecule has 0 radical (unpaired) electrons. The second-order valence-corrected chi connectivity index (χ2v) is 7.82. The van der Waals surface area contributed by atoms with E-state index in [1.165, 1.54) is 0 Å². The Morgan fingerprint density at radius 2 is 1.92 bits per heavy atom. The van der Waals surface area contributed by atoms with Gasteiger partial charge in [-0.3, -0.25) is 9.52 Å². The highest BCUT2D eigenvalue weighted by atomic mass is 35.5. The Morgan fingerprint density at radius 1 is 1.29 bits per heavy atom. The number of hydrogen-bond acceptors (Lipinski definition) is 4. The molecule has 1 fully saturated rings. The van der Waals surface area contributed by atoms with Crippen molar-refractivity contribution in [2.24, 2.45) is 0 Å². The molecule has 1 aliphatic rings. The normalized spacial score (nSPS) is 21.0. The molecule has 2 unspecified atom stereocenters. The Bertz CT molecular complexity index is 649. The summed E-state index contributed by atoms with van der Waals surface area (Å²) in [6.07, 6.45) is 0.560. The van der Waals surface area contributed by atoms with Gasteiger partial charge in [0, 0.05) is 36.4 Å². The number of rotatable bonds is 5. The Morgan fingerprint density at radius 3 is 2.50 bits per heavy atom. The molecule has 0 saturated carbocycles. The van der Waals surface area contributed by atoms with Crippen LogP contribution >= 0.6 is 12.4 Å². The molecule has 0 bridgehead atoms. The van der Waals surface area contributed by atoms with Crippen molar-refractivity contribution in [2.75, 3.05) is 23.6 Å². The number of halogens is 1. The second-order valence-electron chi connectivity index (χ2n) is 5.98. The quantitative estimate of drug-likeness (QED) is 0.825. The van der Waals surface area contributed by atoms with Gasteiger partial charge in [-0.15, -0.1) is 12.4 Å². The molecule has 24 heavy (non-hydrogen) atoms. The summed E-state index contributed by atoms with van der Waals surface area (Å²) in [4.78, 5) is 14.5. The molecule has 1 aliphatic heterocycles. The summed E-state index contributed by atoms with van der Waals surface area (Å²) in [5.74, 6) is 0.0676. The zero-order chi connectivity index (χ0) is 17.0. The minimum atomic E-state index is -3.31. The summed E-state index contributed by atoms with van der Waals surface area (Å²) in [7, 11) is -3.31. The van der Waals surface area contributed by atoms with Crippen LogP contribution in [-0.4, -0.2) is 50.2 Å². The molecule has 1 amide bonds. The van der Waals surface area contributed by atoms with Gasteiger partial charge in [-0.2, -0.15) is 0 Å². The Hall–Kier alpha value is -1.31. The number of nitrogens with one attached hydrogen (secondary N) is 2. The lowest BCUT2D eigenvalue weighted by Gasteiger charge is -2.38. The lowest BCUT2D eigenvalue weighted by atomic mass is 10.1. The summed E-state index contributed by atoms with van der Waals surface area (Å²) in [6, 6.07) is 7.00. The van der Waals surface area contributed by atoms with Crippen molar-refractivity contribution in [1.29, 1.82) is 0 Å². The van der Waals surface area contributed by atoms with Crippen LogP contribution in [0.3, 0.4) is 0 Å². The smallest absolute Gasteiger partial charge is 0.254 e. The van der Waals surface area contributed by atoms with Crippen molar-refractivity contribution in [3.05, 3.63) is 29.8 Å². The molecule has 0 aromatic heterocycles. The highest BCUT2D eigenvalue weighted by Crippen LogP contribution is 2.17. The van der Waals surface area contributed by atoms with E-state index in [1.807, 2.05) is 18.7 Å². The number of benzene rings is 1. The molecule has 1 saturated heterocycles. The predicted octanol–water partition coefficient (Wildman–Crippen LogP) is 2.08. The average Bonchev–Trinajstić information content (AvgIpc) is 2.49. The lowest BCUT2D eigenvalue weighted by Crippen LogP contribution is -2.57. The van der Waals surface area contributed by atoms with Crippen LogP contribution < -0.4 is 10.0 Å². The standard InChI is InChI=1S/C16H25N3O3S.ClH/c1-4-11-23(21,22)18-15-7-5-14(6-8-15)16(20)19-10-9-17-12(2)13(19)3;/h5-8,12-13,17-18H,4,9-11H2,1-3H3;1H. The zero-order valence-electron chi connectivity index (χ0n) is 14.3. The van der Waals surface area contributed by atoms with Gasteiger partial charge in [-0.25, -0.2) is 8.42 Å². The highest BCUT2D eigenvalue weighted by molar-refractivity contribution is 7.92. The first-order valence-corrected chi connectivity index (χ1v) is 9.64. The molecule has 1 heterocycles. The summed E-state index contributed by atoms with van der Waals surface area (Å²) in [6.45, 7) is 7.37. The molecular weight excluding hydrogens is 350 g/mol. The van der Waals surface area contributed by atoms with Gasteiger partial charge in [-0.1, -0.05) is 6.92 Å². The molecule has 2 rings (SSSR count). The molecule has 1 aromatic rings. The van der Waals surface area contributed by atoms with E-state index < -0.39 is 10.0 Å². The lowest BCUT2D eigenvalue weighted by molar-refractivity contribution is 0.0603. The number of piperazine rings is 1. The van der Waals surface area contributed by atoms with E-state index in [0.717, 1.165) is 6.54 Å². The first kappa shape index (κ1) is 20.7. The van der Waals surface area contributed by atoms with E-state index in [2.05, 4.69) is 17.0 Å². The Labute approximate surface area is 150 Å². The summed E-state index contributed by atoms with van der Waals surface area (Å²) in [5, 5.41) is 3.34. The Kier molecular flexibility index (Phi) is 7.51. The molecule has 8 heteroatoms. The first-order chi connectivity index (χ1) is 10.8. The molecule has 136 valence electrons. The fraction of sp³-hybridized carbons (Fsp3) is 0.562. The molecule has 6 nitrogen and oxygen atoms in total. The maximum Gasteiger partial charge on any atom is 0.254 e. The largest absolute Gasteiger partial charge is 0.333 e. The van der Waals surface area contributed by atoms with Gasteiger partial charge in [0.25, 0.3) is 5.91 Å². The third kappa shape index (κ3) is 5.09. The minimum Gasteiger partial charge on any atom is -0.333 e. The molecule has 0 aliphatic carbocycles. The monoisotopic (exact) mass is 375 g/mol. The molecule has 2 N–H and O–H groups in total.